The number of rotatable bonds is 5. The molecule has 0 saturated heterocycles. The Morgan fingerprint density at radius 3 is 1.84 bits per heavy atom. The van der Waals surface area contributed by atoms with Crippen molar-refractivity contribution >= 4 is 28.0 Å². The van der Waals surface area contributed by atoms with Gasteiger partial charge in [-0.1, -0.05) is 19.0 Å². The molecule has 0 fully saturated rings. The first-order chi connectivity index (χ1) is 8.55. The maximum Gasteiger partial charge on any atom is 0.373 e. The quantitative estimate of drug-likeness (QED) is 0.408. The van der Waals surface area contributed by atoms with Gasteiger partial charge in [0.05, 0.1) is 12.4 Å². The lowest BCUT2D eigenvalue weighted by molar-refractivity contribution is -0.191. The zero-order valence-corrected chi connectivity index (χ0v) is 12.2. The van der Waals surface area contributed by atoms with E-state index in [9.17, 15) is 13.2 Å². The summed E-state index contributed by atoms with van der Waals surface area (Å²) in [5, 5.41) is 3.30. The van der Waals surface area contributed by atoms with Crippen LogP contribution in [0.15, 0.2) is 5.16 Å². The zero-order valence-electron chi connectivity index (χ0n) is 11.4. The monoisotopic (exact) mass is 295 g/mol. The zero-order chi connectivity index (χ0) is 15.6. The smallest absolute Gasteiger partial charge is 0.373 e. The fraction of sp³-hybridized carbons (Fsp3) is 0.700. The number of hydrogen-bond acceptors (Lipinski definition) is 8. The molecule has 0 aliphatic rings. The van der Waals surface area contributed by atoms with Crippen molar-refractivity contribution in [3.8, 4) is 0 Å². The van der Waals surface area contributed by atoms with Crippen LogP contribution in [0.2, 0.25) is 0 Å². The number of carbonyl (C=O) groups is 1. The highest BCUT2D eigenvalue weighted by Gasteiger charge is 2.20. The van der Waals surface area contributed by atoms with Crippen LogP contribution in [-0.4, -0.2) is 38.6 Å². The molecule has 19 heavy (non-hydrogen) atoms. The van der Waals surface area contributed by atoms with Crippen LogP contribution in [0.5, 0.6) is 0 Å². The number of nitrogens with zero attached hydrogens (tertiary/aromatic N) is 1. The summed E-state index contributed by atoms with van der Waals surface area (Å²) in [7, 11) is -3.71. The van der Waals surface area contributed by atoms with Gasteiger partial charge in [0.1, 0.15) is 0 Å². The standard InChI is InChI=1S/C9H17NO5S.CO2/c1-6(2)8(9(11)14-7(3)4)10-15-16(5,12)13;2-1-3/h6-7H,1-5H3;/b10-8-;. The maximum absolute atomic E-state index is 11.5. The summed E-state index contributed by atoms with van der Waals surface area (Å²) in [6.07, 6.45) is 0.803. The number of carbonyl (C=O) groups excluding carboxylic acids is 3. The third-order valence-electron chi connectivity index (χ3n) is 1.37. The van der Waals surface area contributed by atoms with Crippen molar-refractivity contribution in [2.75, 3.05) is 6.26 Å². The van der Waals surface area contributed by atoms with E-state index in [2.05, 4.69) is 9.44 Å². The summed E-state index contributed by atoms with van der Waals surface area (Å²) in [5.41, 5.74) is -0.0564. The molecule has 0 amide bonds. The van der Waals surface area contributed by atoms with Crippen LogP contribution in [0, 0.1) is 5.92 Å². The van der Waals surface area contributed by atoms with Gasteiger partial charge in [0.25, 0.3) is 0 Å². The lowest BCUT2D eigenvalue weighted by atomic mass is 10.1. The average Bonchev–Trinajstić information content (AvgIpc) is 2.14. The predicted molar refractivity (Wildman–Crippen MR) is 64.4 cm³/mol. The summed E-state index contributed by atoms with van der Waals surface area (Å²) >= 11 is 0. The molecular formula is C10H17NO7S. The number of hydrogen-bond donors (Lipinski definition) is 0. The maximum atomic E-state index is 11.5. The molecule has 0 spiro atoms. The van der Waals surface area contributed by atoms with E-state index in [1.807, 2.05) is 0 Å². The van der Waals surface area contributed by atoms with Gasteiger partial charge in [-0.3, -0.25) is 4.28 Å². The van der Waals surface area contributed by atoms with Crippen molar-refractivity contribution in [2.24, 2.45) is 11.1 Å². The van der Waals surface area contributed by atoms with Crippen molar-refractivity contribution in [2.45, 2.75) is 33.8 Å². The molecular weight excluding hydrogens is 278 g/mol. The van der Waals surface area contributed by atoms with Crippen molar-refractivity contribution in [3.05, 3.63) is 0 Å². The van der Waals surface area contributed by atoms with Crippen LogP contribution in [0.25, 0.3) is 0 Å². The minimum absolute atomic E-state index is 0.0564. The molecule has 0 aliphatic heterocycles. The highest BCUT2D eigenvalue weighted by atomic mass is 32.2. The molecule has 0 aromatic rings. The second kappa shape index (κ2) is 9.23. The molecule has 0 radical (unpaired) electrons. The van der Waals surface area contributed by atoms with Crippen LogP contribution in [-0.2, 0) is 33.5 Å². The van der Waals surface area contributed by atoms with Gasteiger partial charge in [0.15, 0.2) is 5.71 Å². The van der Waals surface area contributed by atoms with Crippen molar-refractivity contribution in [1.82, 2.24) is 0 Å². The van der Waals surface area contributed by atoms with E-state index in [4.69, 9.17) is 14.3 Å². The molecule has 0 heterocycles. The molecule has 0 bridgehead atoms. The van der Waals surface area contributed by atoms with Crippen molar-refractivity contribution < 1.29 is 31.8 Å². The normalized spacial score (nSPS) is 11.4. The van der Waals surface area contributed by atoms with Crippen molar-refractivity contribution in [1.29, 1.82) is 0 Å². The fourth-order valence-corrected chi connectivity index (χ4v) is 0.976. The summed E-state index contributed by atoms with van der Waals surface area (Å²) < 4.78 is 30.6. The molecule has 0 unspecified atom stereocenters. The Balaban J connectivity index is 0. The number of esters is 1. The van der Waals surface area contributed by atoms with Gasteiger partial charge in [-0.25, -0.2) is 4.79 Å². The third-order valence-corrected chi connectivity index (χ3v) is 1.72. The fourth-order valence-electron chi connectivity index (χ4n) is 0.761. The molecule has 0 saturated carbocycles. The third kappa shape index (κ3) is 12.5. The lowest BCUT2D eigenvalue weighted by Crippen LogP contribution is -2.26. The van der Waals surface area contributed by atoms with Gasteiger partial charge >= 0.3 is 22.2 Å². The molecule has 0 atom stereocenters. The van der Waals surface area contributed by atoms with Gasteiger partial charge in [-0.2, -0.15) is 18.0 Å². The van der Waals surface area contributed by atoms with Crippen LogP contribution in [0.4, 0.5) is 0 Å². The molecule has 0 N–H and O–H groups in total. The van der Waals surface area contributed by atoms with Crippen LogP contribution in [0.3, 0.4) is 0 Å². The first-order valence-corrected chi connectivity index (χ1v) is 7.03. The highest BCUT2D eigenvalue weighted by molar-refractivity contribution is 7.85. The Labute approximate surface area is 111 Å². The van der Waals surface area contributed by atoms with E-state index in [0.29, 0.717) is 0 Å². The van der Waals surface area contributed by atoms with Gasteiger partial charge in [-0.15, -0.1) is 0 Å². The average molecular weight is 295 g/mol. The summed E-state index contributed by atoms with van der Waals surface area (Å²) in [6.45, 7) is 6.75. The molecule has 0 aromatic heterocycles. The Morgan fingerprint density at radius 1 is 1.16 bits per heavy atom. The first kappa shape index (κ1) is 19.6. The van der Waals surface area contributed by atoms with E-state index in [0.717, 1.165) is 6.26 Å². The summed E-state index contributed by atoms with van der Waals surface area (Å²) in [6, 6.07) is 0. The molecule has 0 aliphatic carbocycles. The van der Waals surface area contributed by atoms with Gasteiger partial charge in [0.2, 0.25) is 0 Å². The highest BCUT2D eigenvalue weighted by Crippen LogP contribution is 2.04. The Morgan fingerprint density at radius 2 is 1.58 bits per heavy atom. The topological polar surface area (TPSA) is 116 Å². The van der Waals surface area contributed by atoms with Crippen LogP contribution in [0.1, 0.15) is 27.7 Å². The molecule has 110 valence electrons. The molecule has 0 aromatic carbocycles. The number of oxime groups is 1. The van der Waals surface area contributed by atoms with E-state index in [-0.39, 0.29) is 23.9 Å². The predicted octanol–water partition coefficient (Wildman–Crippen LogP) is 0.343. The van der Waals surface area contributed by atoms with E-state index < -0.39 is 16.1 Å². The second-order valence-corrected chi connectivity index (χ2v) is 5.50. The molecule has 8 nitrogen and oxygen atoms in total. The van der Waals surface area contributed by atoms with E-state index in [1.54, 1.807) is 27.7 Å². The van der Waals surface area contributed by atoms with Crippen LogP contribution < -0.4 is 0 Å². The summed E-state index contributed by atoms with van der Waals surface area (Å²) in [5.74, 6) is -0.957. The Bertz CT molecular complexity index is 444. The summed E-state index contributed by atoms with van der Waals surface area (Å²) in [4.78, 5) is 27.7. The molecule has 0 rings (SSSR count). The Kier molecular flexibility index (Phi) is 9.53. The second-order valence-electron chi connectivity index (χ2n) is 3.95. The van der Waals surface area contributed by atoms with Crippen molar-refractivity contribution in [3.63, 3.8) is 0 Å². The largest absolute Gasteiger partial charge is 0.458 e. The van der Waals surface area contributed by atoms with Gasteiger partial charge < -0.3 is 4.74 Å². The minimum Gasteiger partial charge on any atom is -0.458 e. The van der Waals surface area contributed by atoms with Crippen LogP contribution >= 0.6 is 0 Å². The number of ether oxygens (including phenoxy) is 1. The SMILES string of the molecule is CC(C)OC(=O)/C(=N\OS(C)(=O)=O)C(C)C.O=C=O. The lowest BCUT2D eigenvalue weighted by Gasteiger charge is -2.11. The first-order valence-electron chi connectivity index (χ1n) is 5.21. The van der Waals surface area contributed by atoms with E-state index >= 15 is 0 Å². The van der Waals surface area contributed by atoms with Gasteiger partial charge in [-0.05, 0) is 13.8 Å². The Hall–Kier alpha value is -1.73. The minimum atomic E-state index is -3.71. The van der Waals surface area contributed by atoms with Gasteiger partial charge in [0, 0.05) is 5.92 Å². The van der Waals surface area contributed by atoms with E-state index in [1.165, 1.54) is 0 Å². The molecule has 9 heteroatoms.